The number of alkyl halides is 1. The van der Waals surface area contributed by atoms with Crippen LogP contribution in [0.5, 0.6) is 0 Å². The largest absolute Gasteiger partial charge is 0.219 e. The molecule has 0 unspecified atom stereocenters. The molecule has 0 aromatic heterocycles. The Labute approximate surface area is 103 Å². The van der Waals surface area contributed by atoms with E-state index >= 15 is 0 Å². The van der Waals surface area contributed by atoms with E-state index in [2.05, 4.69) is 0 Å². The molecule has 0 N–H and O–H groups in total. The van der Waals surface area contributed by atoms with E-state index < -0.39 is 15.7 Å². The Bertz CT molecular complexity index is 578. The second-order valence-electron chi connectivity index (χ2n) is 3.32. The molecule has 0 radical (unpaired) electrons. The summed E-state index contributed by atoms with van der Waals surface area (Å²) < 4.78 is 36.9. The summed E-state index contributed by atoms with van der Waals surface area (Å²) in [6.45, 7) is 0. The zero-order valence-corrected chi connectivity index (χ0v) is 10.3. The molecule has 1 heterocycles. The number of allylic oxidation sites excluding steroid dienone is 1. The van der Waals surface area contributed by atoms with Gasteiger partial charge in [-0.25, -0.2) is 12.8 Å². The first-order valence-corrected chi connectivity index (χ1v) is 6.87. The lowest BCUT2D eigenvalue weighted by atomic mass is 10.2. The molecule has 0 aliphatic carbocycles. The molecule has 0 saturated heterocycles. The third-order valence-corrected chi connectivity index (χ3v) is 5.07. The van der Waals surface area contributed by atoms with Crippen molar-refractivity contribution >= 4 is 38.1 Å². The molecule has 0 spiro atoms. The zero-order valence-electron chi connectivity index (χ0n) is 8.00. The Morgan fingerprint density at radius 3 is 2.62 bits per heavy atom. The van der Waals surface area contributed by atoms with Gasteiger partial charge in [-0.3, -0.25) is 0 Å². The van der Waals surface area contributed by atoms with Crippen molar-refractivity contribution in [1.29, 1.82) is 0 Å². The van der Waals surface area contributed by atoms with Crippen molar-refractivity contribution in [1.82, 2.24) is 0 Å². The summed E-state index contributed by atoms with van der Waals surface area (Å²) in [7, 11) is -3.66. The van der Waals surface area contributed by atoms with Crippen molar-refractivity contribution in [3.63, 3.8) is 0 Å². The van der Waals surface area contributed by atoms with E-state index in [0.29, 0.717) is 5.56 Å². The van der Waals surface area contributed by atoms with E-state index in [-0.39, 0.29) is 27.1 Å². The van der Waals surface area contributed by atoms with Gasteiger partial charge in [-0.05, 0) is 24.6 Å². The molecule has 0 saturated carbocycles. The fraction of sp³-hybridized carbons (Fsp3) is 0.200. The normalized spacial score (nSPS) is 17.7. The average molecular weight is 281 g/mol. The molecule has 6 heteroatoms. The molecular weight excluding hydrogens is 274 g/mol. The molecule has 2 rings (SSSR count). The zero-order chi connectivity index (χ0) is 11.9. The van der Waals surface area contributed by atoms with Gasteiger partial charge < -0.3 is 0 Å². The lowest BCUT2D eigenvalue weighted by Crippen LogP contribution is -2.01. The molecule has 0 amide bonds. The molecular formula is C10H7Cl2FO2S. The van der Waals surface area contributed by atoms with E-state index in [9.17, 15) is 12.8 Å². The van der Waals surface area contributed by atoms with Crippen molar-refractivity contribution in [3.05, 3.63) is 34.5 Å². The number of halogens is 3. The molecule has 0 bridgehead atoms. The number of hydrogen-bond donors (Lipinski definition) is 0. The molecule has 16 heavy (non-hydrogen) atoms. The summed E-state index contributed by atoms with van der Waals surface area (Å²) in [4.78, 5) is 0.00221. The minimum atomic E-state index is -3.66. The van der Waals surface area contributed by atoms with Crippen LogP contribution in [-0.2, 0) is 9.84 Å². The van der Waals surface area contributed by atoms with Crippen LogP contribution >= 0.6 is 23.2 Å². The van der Waals surface area contributed by atoms with Crippen molar-refractivity contribution in [3.8, 4) is 0 Å². The van der Waals surface area contributed by atoms with E-state index in [0.717, 1.165) is 6.07 Å². The van der Waals surface area contributed by atoms with Gasteiger partial charge in [0.25, 0.3) is 0 Å². The summed E-state index contributed by atoms with van der Waals surface area (Å²) in [5, 5.41) is 0.149. The van der Waals surface area contributed by atoms with Gasteiger partial charge in [0.1, 0.15) is 5.82 Å². The molecule has 1 aliphatic rings. The first-order valence-electron chi connectivity index (χ1n) is 4.48. The lowest BCUT2D eigenvalue weighted by molar-refractivity contribution is 0.596. The van der Waals surface area contributed by atoms with Gasteiger partial charge in [0.15, 0.2) is 0 Å². The quantitative estimate of drug-likeness (QED) is 0.780. The van der Waals surface area contributed by atoms with Crippen LogP contribution in [0.25, 0.3) is 5.03 Å². The summed E-state index contributed by atoms with van der Waals surface area (Å²) >= 11 is 11.5. The van der Waals surface area contributed by atoms with Crippen LogP contribution in [0.3, 0.4) is 0 Å². The molecule has 2 nitrogen and oxygen atoms in total. The smallest absolute Gasteiger partial charge is 0.205 e. The Balaban J connectivity index is 2.70. The summed E-state index contributed by atoms with van der Waals surface area (Å²) in [5.41, 5.74) is 0.350. The molecule has 1 aromatic rings. The number of fused-ring (bicyclic) bond motifs is 1. The summed E-state index contributed by atoms with van der Waals surface area (Å²) in [6.07, 6.45) is 0.152. The molecule has 1 aliphatic heterocycles. The Morgan fingerprint density at radius 1 is 1.31 bits per heavy atom. The number of sulfone groups is 1. The van der Waals surface area contributed by atoms with Crippen LogP contribution in [0, 0.1) is 5.82 Å². The van der Waals surface area contributed by atoms with Crippen molar-refractivity contribution in [2.24, 2.45) is 0 Å². The SMILES string of the molecule is O=S1(=O)C(CCCl)=C(Cl)c2ccc(F)cc21. The fourth-order valence-corrected chi connectivity index (χ4v) is 4.26. The van der Waals surface area contributed by atoms with Crippen molar-refractivity contribution in [2.45, 2.75) is 11.3 Å². The van der Waals surface area contributed by atoms with Crippen LogP contribution in [0.2, 0.25) is 0 Å². The van der Waals surface area contributed by atoms with Crippen LogP contribution < -0.4 is 0 Å². The van der Waals surface area contributed by atoms with Crippen molar-refractivity contribution < 1.29 is 12.8 Å². The third-order valence-electron chi connectivity index (χ3n) is 2.36. The molecule has 0 atom stereocenters. The standard InChI is InChI=1S/C10H7Cl2FO2S/c11-4-3-8-10(12)7-2-1-6(13)5-9(7)16(8,14)15/h1-2,5H,3-4H2. The average Bonchev–Trinajstić information content (AvgIpc) is 2.40. The first-order chi connectivity index (χ1) is 7.48. The number of hydrogen-bond acceptors (Lipinski definition) is 2. The molecule has 86 valence electrons. The van der Waals surface area contributed by atoms with Crippen LogP contribution in [0.1, 0.15) is 12.0 Å². The Morgan fingerprint density at radius 2 is 2.00 bits per heavy atom. The van der Waals surface area contributed by atoms with Gasteiger partial charge in [0, 0.05) is 11.4 Å². The number of rotatable bonds is 2. The summed E-state index contributed by atoms with van der Waals surface area (Å²) in [6, 6.07) is 3.53. The van der Waals surface area contributed by atoms with Gasteiger partial charge >= 0.3 is 0 Å². The van der Waals surface area contributed by atoms with Crippen LogP contribution in [0.4, 0.5) is 4.39 Å². The number of benzene rings is 1. The topological polar surface area (TPSA) is 34.1 Å². The molecule has 0 fully saturated rings. The van der Waals surface area contributed by atoms with E-state index in [1.807, 2.05) is 0 Å². The van der Waals surface area contributed by atoms with Gasteiger partial charge in [0.05, 0.1) is 14.8 Å². The maximum absolute atomic E-state index is 13.0. The van der Waals surface area contributed by atoms with E-state index in [1.54, 1.807) is 0 Å². The second kappa shape index (κ2) is 4.02. The fourth-order valence-electron chi connectivity index (χ4n) is 1.63. The highest BCUT2D eigenvalue weighted by atomic mass is 35.5. The summed E-state index contributed by atoms with van der Waals surface area (Å²) in [5.74, 6) is -0.444. The maximum atomic E-state index is 13.0. The predicted molar refractivity (Wildman–Crippen MR) is 61.7 cm³/mol. The van der Waals surface area contributed by atoms with Crippen LogP contribution in [-0.4, -0.2) is 14.3 Å². The second-order valence-corrected chi connectivity index (χ2v) is 6.02. The minimum absolute atomic E-state index is 0.0717. The van der Waals surface area contributed by atoms with E-state index in [1.165, 1.54) is 12.1 Å². The third kappa shape index (κ3) is 1.65. The van der Waals surface area contributed by atoms with Gasteiger partial charge in [0.2, 0.25) is 9.84 Å². The first kappa shape index (κ1) is 11.9. The van der Waals surface area contributed by atoms with Crippen molar-refractivity contribution in [2.75, 3.05) is 5.88 Å². The Kier molecular flexibility index (Phi) is 2.99. The van der Waals surface area contributed by atoms with E-state index in [4.69, 9.17) is 23.2 Å². The highest BCUT2D eigenvalue weighted by molar-refractivity contribution is 7.96. The minimum Gasteiger partial charge on any atom is -0.219 e. The molecule has 1 aromatic carbocycles. The Hall–Kier alpha value is -0.580. The van der Waals surface area contributed by atoms with Crippen LogP contribution in [0.15, 0.2) is 28.0 Å². The van der Waals surface area contributed by atoms with Gasteiger partial charge in [-0.15, -0.1) is 11.6 Å². The van der Waals surface area contributed by atoms with Gasteiger partial charge in [-0.2, -0.15) is 0 Å². The predicted octanol–water partition coefficient (Wildman–Crippen LogP) is 3.15. The maximum Gasteiger partial charge on any atom is 0.205 e. The van der Waals surface area contributed by atoms with Gasteiger partial charge in [-0.1, -0.05) is 11.6 Å². The monoisotopic (exact) mass is 280 g/mol. The highest BCUT2D eigenvalue weighted by Gasteiger charge is 2.34. The highest BCUT2D eigenvalue weighted by Crippen LogP contribution is 2.42. The lowest BCUT2D eigenvalue weighted by Gasteiger charge is -2.00.